The van der Waals surface area contributed by atoms with E-state index in [1.165, 1.54) is 6.20 Å². The minimum absolute atomic E-state index is 0.00131. The second-order valence-corrected chi connectivity index (χ2v) is 8.77. The zero-order valence-electron chi connectivity index (χ0n) is 12.9. The van der Waals surface area contributed by atoms with E-state index in [2.05, 4.69) is 36.7 Å². The first-order valence-corrected chi connectivity index (χ1v) is 10.2. The van der Waals surface area contributed by atoms with Gasteiger partial charge in [0.2, 0.25) is 0 Å². The molecule has 1 aromatic carbocycles. The van der Waals surface area contributed by atoms with Crippen molar-refractivity contribution in [1.82, 2.24) is 20.7 Å². The number of nitrogens with zero attached hydrogens (tertiary/aromatic N) is 2. The van der Waals surface area contributed by atoms with Crippen LogP contribution in [-0.2, 0) is 16.8 Å². The first-order chi connectivity index (χ1) is 12.5. The summed E-state index contributed by atoms with van der Waals surface area (Å²) in [7, 11) is -5.83. The molecule has 0 saturated carbocycles. The third-order valence-corrected chi connectivity index (χ3v) is 6.96. The van der Waals surface area contributed by atoms with E-state index in [0.717, 1.165) is 12.1 Å². The second kappa shape index (κ2) is 6.99. The fourth-order valence-electron chi connectivity index (χ4n) is 2.17. The van der Waals surface area contributed by atoms with Crippen molar-refractivity contribution in [2.24, 2.45) is 0 Å². The maximum absolute atomic E-state index is 14.3. The molecule has 4 N–H and O–H groups in total. The molecule has 1 amide bonds. The van der Waals surface area contributed by atoms with E-state index in [1.807, 2.05) is 0 Å². The van der Waals surface area contributed by atoms with E-state index < -0.39 is 29.9 Å². The number of fused-ring (bicyclic) bond motifs is 1. The highest BCUT2D eigenvalue weighted by molar-refractivity contribution is 9.10. The highest BCUT2D eigenvalue weighted by Gasteiger charge is 2.53. The van der Waals surface area contributed by atoms with Crippen LogP contribution in [0.3, 0.4) is 0 Å². The van der Waals surface area contributed by atoms with Crippen LogP contribution in [0.4, 0.5) is 13.2 Å². The smallest absolute Gasteiger partial charge is 0.346 e. The van der Waals surface area contributed by atoms with Gasteiger partial charge in [-0.2, -0.15) is 24.2 Å². The SMILES string of the molecule is O=C(NCc1cn[nH]n1)c1cc(F)c2sc(C(F)(F)P(=O)(O)O)c(Br)c2c1. The van der Waals surface area contributed by atoms with Crippen LogP contribution in [0.1, 0.15) is 20.9 Å². The summed E-state index contributed by atoms with van der Waals surface area (Å²) in [5.41, 5.74) is -4.24. The average molecular weight is 485 g/mol. The van der Waals surface area contributed by atoms with Crippen LogP contribution >= 0.6 is 34.9 Å². The molecule has 14 heteroatoms. The van der Waals surface area contributed by atoms with Gasteiger partial charge in [-0.15, -0.1) is 11.3 Å². The zero-order valence-corrected chi connectivity index (χ0v) is 16.2. The number of H-pyrrole nitrogens is 1. The number of thiophene rings is 1. The lowest BCUT2D eigenvalue weighted by Crippen LogP contribution is -2.23. The summed E-state index contributed by atoms with van der Waals surface area (Å²) in [6.45, 7) is 0.00131. The van der Waals surface area contributed by atoms with Crippen molar-refractivity contribution in [1.29, 1.82) is 0 Å². The number of benzene rings is 1. The van der Waals surface area contributed by atoms with E-state index in [-0.39, 0.29) is 38.0 Å². The summed E-state index contributed by atoms with van der Waals surface area (Å²) in [5.74, 6) is -1.67. The predicted molar refractivity (Wildman–Crippen MR) is 93.0 cm³/mol. The summed E-state index contributed by atoms with van der Waals surface area (Å²) in [4.78, 5) is 29.0. The molecule has 2 heterocycles. The van der Waals surface area contributed by atoms with Crippen molar-refractivity contribution in [2.75, 3.05) is 0 Å². The Morgan fingerprint density at radius 3 is 2.70 bits per heavy atom. The van der Waals surface area contributed by atoms with Gasteiger partial charge in [0.15, 0.2) is 0 Å². The summed E-state index contributed by atoms with van der Waals surface area (Å²) >= 11 is 3.03. The average Bonchev–Trinajstić information content (AvgIpc) is 3.20. The number of carbonyl (C=O) groups is 1. The van der Waals surface area contributed by atoms with E-state index >= 15 is 0 Å². The van der Waals surface area contributed by atoms with Crippen LogP contribution < -0.4 is 5.32 Å². The molecule has 0 spiro atoms. The molecule has 0 aliphatic carbocycles. The third kappa shape index (κ3) is 3.65. The minimum atomic E-state index is -5.83. The Balaban J connectivity index is 2.00. The van der Waals surface area contributed by atoms with Gasteiger partial charge in [-0.1, -0.05) is 0 Å². The van der Waals surface area contributed by atoms with Crippen LogP contribution in [0.15, 0.2) is 22.8 Å². The van der Waals surface area contributed by atoms with Gasteiger partial charge < -0.3 is 15.1 Å². The first-order valence-electron chi connectivity index (χ1n) is 7.00. The highest BCUT2D eigenvalue weighted by Crippen LogP contribution is 2.63. The van der Waals surface area contributed by atoms with Gasteiger partial charge >= 0.3 is 13.3 Å². The van der Waals surface area contributed by atoms with Gasteiger partial charge in [0, 0.05) is 15.4 Å². The summed E-state index contributed by atoms with van der Waals surface area (Å²) in [6, 6.07) is 2.00. The molecule has 0 bridgehead atoms. The van der Waals surface area contributed by atoms with Crippen molar-refractivity contribution < 1.29 is 32.3 Å². The Morgan fingerprint density at radius 1 is 1.41 bits per heavy atom. The van der Waals surface area contributed by atoms with Crippen LogP contribution in [0.2, 0.25) is 0 Å². The lowest BCUT2D eigenvalue weighted by molar-refractivity contribution is 0.0595. The van der Waals surface area contributed by atoms with Crippen molar-refractivity contribution in [2.45, 2.75) is 12.2 Å². The Labute approximate surface area is 161 Å². The van der Waals surface area contributed by atoms with Crippen LogP contribution in [-0.4, -0.2) is 31.1 Å². The van der Waals surface area contributed by atoms with Crippen molar-refractivity contribution in [3.63, 3.8) is 0 Å². The van der Waals surface area contributed by atoms with Gasteiger partial charge in [-0.25, -0.2) is 4.39 Å². The Bertz CT molecular complexity index is 1070. The lowest BCUT2D eigenvalue weighted by Gasteiger charge is -2.16. The van der Waals surface area contributed by atoms with Gasteiger partial charge in [0.1, 0.15) is 16.4 Å². The monoisotopic (exact) mass is 484 g/mol. The normalized spacial score (nSPS) is 12.5. The molecule has 0 aliphatic rings. The molecule has 3 rings (SSSR count). The molecular formula is C13H9BrF3N4O4PS. The van der Waals surface area contributed by atoms with Crippen molar-refractivity contribution in [3.05, 3.63) is 44.8 Å². The molecule has 0 fully saturated rings. The molecule has 2 aromatic heterocycles. The minimum Gasteiger partial charge on any atom is -0.346 e. The number of rotatable bonds is 5. The maximum atomic E-state index is 14.3. The summed E-state index contributed by atoms with van der Waals surface area (Å²) < 4.78 is 52.8. The number of aromatic nitrogens is 3. The van der Waals surface area contributed by atoms with Crippen molar-refractivity contribution in [3.8, 4) is 0 Å². The van der Waals surface area contributed by atoms with Crippen LogP contribution in [0.5, 0.6) is 0 Å². The van der Waals surface area contributed by atoms with E-state index in [9.17, 15) is 22.5 Å². The van der Waals surface area contributed by atoms with E-state index in [4.69, 9.17) is 9.79 Å². The number of hydrogen-bond acceptors (Lipinski definition) is 5. The Hall–Kier alpha value is -1.79. The Kier molecular flexibility index (Phi) is 5.16. The largest absolute Gasteiger partial charge is 0.400 e. The molecule has 0 aliphatic heterocycles. The molecule has 0 atom stereocenters. The standard InChI is InChI=1S/C13H9BrF3N4O4PS/c14-9-7-1-5(12(22)18-3-6-4-19-21-20-6)2-8(15)10(7)27-11(9)13(16,17)26(23,24)25/h1-2,4H,3H2,(H,18,22)(H,19,20,21)(H2,23,24,25). The first kappa shape index (κ1) is 20.0. The third-order valence-electron chi connectivity index (χ3n) is 3.48. The lowest BCUT2D eigenvalue weighted by atomic mass is 10.1. The zero-order chi connectivity index (χ0) is 20.0. The Morgan fingerprint density at radius 2 is 2.11 bits per heavy atom. The van der Waals surface area contributed by atoms with E-state index in [1.54, 1.807) is 0 Å². The second-order valence-electron chi connectivity index (χ2n) is 5.31. The highest BCUT2D eigenvalue weighted by atomic mass is 79.9. The summed E-state index contributed by atoms with van der Waals surface area (Å²) in [6.07, 6.45) is 1.37. The summed E-state index contributed by atoms with van der Waals surface area (Å²) in [5, 5.41) is 12.0. The number of amides is 1. The molecule has 8 nitrogen and oxygen atoms in total. The van der Waals surface area contributed by atoms with Gasteiger partial charge in [-0.3, -0.25) is 9.36 Å². The molecule has 0 unspecified atom stereocenters. The predicted octanol–water partition coefficient (Wildman–Crippen LogP) is 3.08. The van der Waals surface area contributed by atoms with Gasteiger partial charge in [0.25, 0.3) is 5.91 Å². The molecule has 0 saturated heterocycles. The number of carbonyl (C=O) groups excluding carboxylic acids is 1. The van der Waals surface area contributed by atoms with Gasteiger partial charge in [-0.05, 0) is 28.1 Å². The van der Waals surface area contributed by atoms with Crippen molar-refractivity contribution >= 4 is 50.9 Å². The van der Waals surface area contributed by atoms with Crippen LogP contribution in [0.25, 0.3) is 10.1 Å². The maximum Gasteiger partial charge on any atom is 0.400 e. The molecule has 3 aromatic rings. The number of nitrogens with one attached hydrogen (secondary N) is 2. The van der Waals surface area contributed by atoms with Crippen LogP contribution in [0, 0.1) is 5.82 Å². The van der Waals surface area contributed by atoms with Gasteiger partial charge in [0.05, 0.1) is 17.4 Å². The number of hydrogen-bond donors (Lipinski definition) is 4. The number of halogens is 4. The molecular weight excluding hydrogens is 476 g/mol. The molecule has 0 radical (unpaired) electrons. The molecule has 27 heavy (non-hydrogen) atoms. The molecule has 144 valence electrons. The number of aromatic amines is 1. The van der Waals surface area contributed by atoms with E-state index in [0.29, 0.717) is 5.69 Å². The number of alkyl halides is 2. The fraction of sp³-hybridized carbons (Fsp3) is 0.154. The quantitative estimate of drug-likeness (QED) is 0.412. The topological polar surface area (TPSA) is 128 Å². The fourth-order valence-corrected chi connectivity index (χ4v) is 5.08.